The van der Waals surface area contributed by atoms with Crippen LogP contribution in [0.1, 0.15) is 20.8 Å². The van der Waals surface area contributed by atoms with Crippen LogP contribution in [0, 0.1) is 5.41 Å². The molecule has 6 heteroatoms. The minimum atomic E-state index is -0.537. The minimum absolute atomic E-state index is 0.205. The predicted octanol–water partition coefficient (Wildman–Crippen LogP) is 0.850. The molecule has 1 atom stereocenters. The highest BCUT2D eigenvalue weighted by Gasteiger charge is 2.27. The summed E-state index contributed by atoms with van der Waals surface area (Å²) in [6, 6.07) is -0.537. The topological polar surface area (TPSA) is 80.9 Å². The van der Waals surface area contributed by atoms with E-state index in [1.807, 2.05) is 20.8 Å². The number of aromatic nitrogens is 2. The number of rotatable bonds is 2. The van der Waals surface area contributed by atoms with E-state index < -0.39 is 6.04 Å². The normalized spacial score (nSPS) is 13.7. The third-order valence-corrected chi connectivity index (χ3v) is 2.40. The van der Waals surface area contributed by atoms with E-state index in [0.29, 0.717) is 5.00 Å². The summed E-state index contributed by atoms with van der Waals surface area (Å²) < 4.78 is 3.63. The molecular formula is C8H14N4OS. The number of nitrogens with zero attached hydrogens (tertiary/aromatic N) is 2. The molecule has 0 radical (unpaired) electrons. The molecular weight excluding hydrogens is 200 g/mol. The Balaban J connectivity index is 2.59. The predicted molar refractivity (Wildman–Crippen MR) is 56.0 cm³/mol. The second kappa shape index (κ2) is 4.02. The lowest BCUT2D eigenvalue weighted by Crippen LogP contribution is -2.45. The van der Waals surface area contributed by atoms with Gasteiger partial charge in [-0.05, 0) is 5.41 Å². The molecule has 0 saturated carbocycles. The van der Waals surface area contributed by atoms with E-state index in [2.05, 4.69) is 14.9 Å². The van der Waals surface area contributed by atoms with Gasteiger partial charge in [0.2, 0.25) is 5.91 Å². The van der Waals surface area contributed by atoms with Crippen LogP contribution in [-0.2, 0) is 4.79 Å². The zero-order valence-corrected chi connectivity index (χ0v) is 9.26. The molecule has 14 heavy (non-hydrogen) atoms. The van der Waals surface area contributed by atoms with Crippen LogP contribution in [0.4, 0.5) is 5.00 Å². The fourth-order valence-electron chi connectivity index (χ4n) is 0.815. The lowest BCUT2D eigenvalue weighted by molar-refractivity contribution is -0.119. The van der Waals surface area contributed by atoms with Gasteiger partial charge in [-0.3, -0.25) is 4.79 Å². The molecule has 3 N–H and O–H groups in total. The zero-order chi connectivity index (χ0) is 10.8. The summed E-state index contributed by atoms with van der Waals surface area (Å²) >= 11 is 1.13. The number of anilines is 1. The van der Waals surface area contributed by atoms with E-state index in [1.165, 1.54) is 6.20 Å². The molecule has 0 aromatic carbocycles. The fraction of sp³-hybridized carbons (Fsp3) is 0.625. The van der Waals surface area contributed by atoms with Crippen molar-refractivity contribution in [3.05, 3.63) is 6.20 Å². The lowest BCUT2D eigenvalue weighted by Gasteiger charge is -2.25. The van der Waals surface area contributed by atoms with Crippen molar-refractivity contribution in [2.45, 2.75) is 26.8 Å². The fourth-order valence-corrected chi connectivity index (χ4v) is 1.24. The van der Waals surface area contributed by atoms with Crippen molar-refractivity contribution in [1.82, 2.24) is 9.59 Å². The number of amides is 1. The van der Waals surface area contributed by atoms with Crippen LogP contribution in [0.25, 0.3) is 0 Å². The molecule has 1 rings (SSSR count). The van der Waals surface area contributed by atoms with Gasteiger partial charge in [0, 0.05) is 11.5 Å². The zero-order valence-electron chi connectivity index (χ0n) is 8.44. The van der Waals surface area contributed by atoms with Crippen LogP contribution in [0.5, 0.6) is 0 Å². The average Bonchev–Trinajstić information content (AvgIpc) is 2.53. The van der Waals surface area contributed by atoms with Gasteiger partial charge in [-0.1, -0.05) is 25.3 Å². The Morgan fingerprint density at radius 2 is 2.29 bits per heavy atom. The first-order chi connectivity index (χ1) is 6.41. The van der Waals surface area contributed by atoms with Gasteiger partial charge in [-0.2, -0.15) is 0 Å². The minimum Gasteiger partial charge on any atom is -0.319 e. The monoisotopic (exact) mass is 214 g/mol. The van der Waals surface area contributed by atoms with Crippen molar-refractivity contribution < 1.29 is 4.79 Å². The Hall–Kier alpha value is -1.01. The first-order valence-electron chi connectivity index (χ1n) is 4.25. The average molecular weight is 214 g/mol. The van der Waals surface area contributed by atoms with Gasteiger partial charge >= 0.3 is 0 Å². The number of nitrogens with one attached hydrogen (secondary N) is 1. The van der Waals surface area contributed by atoms with E-state index in [1.54, 1.807) is 0 Å². The molecule has 1 aromatic rings. The number of carbonyl (C=O) groups excluding carboxylic acids is 1. The molecule has 78 valence electrons. The molecule has 5 nitrogen and oxygen atoms in total. The molecule has 0 aliphatic heterocycles. The van der Waals surface area contributed by atoms with E-state index in [4.69, 9.17) is 5.73 Å². The van der Waals surface area contributed by atoms with Gasteiger partial charge in [0.15, 0.2) is 0 Å². The maximum atomic E-state index is 11.6. The molecule has 0 fully saturated rings. The molecule has 0 spiro atoms. The smallest absolute Gasteiger partial charge is 0.242 e. The van der Waals surface area contributed by atoms with Gasteiger partial charge in [-0.15, -0.1) is 5.10 Å². The van der Waals surface area contributed by atoms with Crippen molar-refractivity contribution >= 4 is 22.4 Å². The molecule has 0 bridgehead atoms. The highest BCUT2D eigenvalue weighted by Crippen LogP contribution is 2.19. The highest BCUT2D eigenvalue weighted by molar-refractivity contribution is 7.10. The Labute approximate surface area is 86.9 Å². The Bertz CT molecular complexity index is 304. The molecule has 1 unspecified atom stereocenters. The molecule has 1 heterocycles. The molecule has 1 aromatic heterocycles. The summed E-state index contributed by atoms with van der Waals surface area (Å²) in [6.07, 6.45) is 1.50. The standard InChI is InChI=1S/C8H14N4OS/c1-8(2,3)6(9)7(13)11-5-4-10-12-14-5/h4,6H,9H2,1-3H3,(H,11,13). The quantitative estimate of drug-likeness (QED) is 0.764. The van der Waals surface area contributed by atoms with Gasteiger partial charge in [0.25, 0.3) is 0 Å². The molecule has 0 aliphatic rings. The van der Waals surface area contributed by atoms with Gasteiger partial charge in [-0.25, -0.2) is 0 Å². The van der Waals surface area contributed by atoms with Gasteiger partial charge in [0.1, 0.15) is 5.00 Å². The van der Waals surface area contributed by atoms with Crippen LogP contribution in [0.3, 0.4) is 0 Å². The van der Waals surface area contributed by atoms with E-state index in [-0.39, 0.29) is 11.3 Å². The van der Waals surface area contributed by atoms with Crippen LogP contribution < -0.4 is 11.1 Å². The second-order valence-electron chi connectivity index (χ2n) is 4.11. The van der Waals surface area contributed by atoms with Gasteiger partial charge in [0.05, 0.1) is 12.2 Å². The first kappa shape index (κ1) is 11.1. The Kier molecular flexibility index (Phi) is 3.17. The summed E-state index contributed by atoms with van der Waals surface area (Å²) in [5, 5.41) is 6.89. The van der Waals surface area contributed by atoms with E-state index in [9.17, 15) is 4.79 Å². The Morgan fingerprint density at radius 1 is 1.64 bits per heavy atom. The van der Waals surface area contributed by atoms with Crippen LogP contribution >= 0.6 is 11.5 Å². The lowest BCUT2D eigenvalue weighted by atomic mass is 9.87. The summed E-state index contributed by atoms with van der Waals surface area (Å²) in [7, 11) is 0. The molecule has 1 amide bonds. The van der Waals surface area contributed by atoms with Crippen LogP contribution in [-0.4, -0.2) is 21.5 Å². The van der Waals surface area contributed by atoms with Crippen molar-refractivity contribution in [3.63, 3.8) is 0 Å². The first-order valence-corrected chi connectivity index (χ1v) is 5.02. The summed E-state index contributed by atoms with van der Waals surface area (Å²) in [4.78, 5) is 11.6. The largest absolute Gasteiger partial charge is 0.319 e. The van der Waals surface area contributed by atoms with Crippen molar-refractivity contribution in [2.75, 3.05) is 5.32 Å². The Morgan fingerprint density at radius 3 is 2.71 bits per heavy atom. The number of hydrogen-bond acceptors (Lipinski definition) is 5. The third-order valence-electron chi connectivity index (χ3n) is 1.82. The third kappa shape index (κ3) is 2.74. The van der Waals surface area contributed by atoms with E-state index in [0.717, 1.165) is 11.5 Å². The number of nitrogens with two attached hydrogens (primary N) is 1. The molecule has 0 saturated heterocycles. The summed E-state index contributed by atoms with van der Waals surface area (Å²) in [5.74, 6) is -0.205. The van der Waals surface area contributed by atoms with Gasteiger partial charge < -0.3 is 11.1 Å². The van der Waals surface area contributed by atoms with Crippen molar-refractivity contribution in [1.29, 1.82) is 0 Å². The van der Waals surface area contributed by atoms with Crippen LogP contribution in [0.2, 0.25) is 0 Å². The van der Waals surface area contributed by atoms with E-state index >= 15 is 0 Å². The second-order valence-corrected chi connectivity index (χ2v) is 4.90. The molecule has 0 aliphatic carbocycles. The van der Waals surface area contributed by atoms with Crippen molar-refractivity contribution in [3.8, 4) is 0 Å². The number of carbonyl (C=O) groups is 1. The maximum Gasteiger partial charge on any atom is 0.242 e. The van der Waals surface area contributed by atoms with Crippen molar-refractivity contribution in [2.24, 2.45) is 11.1 Å². The highest BCUT2D eigenvalue weighted by atomic mass is 32.1. The SMILES string of the molecule is CC(C)(C)C(N)C(=O)Nc1cnns1. The number of hydrogen-bond donors (Lipinski definition) is 2. The summed E-state index contributed by atoms with van der Waals surface area (Å²) in [5.41, 5.74) is 5.51. The maximum absolute atomic E-state index is 11.6. The van der Waals surface area contributed by atoms with Crippen LogP contribution in [0.15, 0.2) is 6.20 Å². The summed E-state index contributed by atoms with van der Waals surface area (Å²) in [6.45, 7) is 5.76.